The molecule has 0 saturated carbocycles. The number of carbonyl (C=O) groups is 2. The van der Waals surface area contributed by atoms with Gasteiger partial charge in [-0.3, -0.25) is 9.59 Å². The molecule has 6 heteroatoms. The van der Waals surface area contributed by atoms with Crippen molar-refractivity contribution in [2.75, 3.05) is 18.5 Å². The van der Waals surface area contributed by atoms with Crippen LogP contribution in [0, 0.1) is 0 Å². The molecule has 0 atom stereocenters. The standard InChI is InChI=1S/C34H35NO4S/c1-4-10-24-13-15-25(16-14-24)21-32-28(26-11-8-7-9-12-26)23-34(40-32)35-33(37)20-18-29(36)27-17-19-30(38-5-2)31(22-27)39-6-3/h4,7-17,19,22-23H,5-6,18,20-21H2,1-3H3,(H,35,37)/b10-4+. The summed E-state index contributed by atoms with van der Waals surface area (Å²) in [5.74, 6) is 0.843. The number of amides is 1. The smallest absolute Gasteiger partial charge is 0.225 e. The number of hydrogen-bond donors (Lipinski definition) is 1. The third-order valence-corrected chi connectivity index (χ3v) is 7.35. The minimum absolute atomic E-state index is 0.0936. The monoisotopic (exact) mass is 553 g/mol. The summed E-state index contributed by atoms with van der Waals surface area (Å²) >= 11 is 1.57. The molecular weight excluding hydrogens is 518 g/mol. The highest BCUT2D eigenvalue weighted by atomic mass is 32.1. The molecule has 5 nitrogen and oxygen atoms in total. The molecule has 0 unspecified atom stereocenters. The summed E-state index contributed by atoms with van der Waals surface area (Å²) in [5, 5.41) is 3.80. The largest absolute Gasteiger partial charge is 0.490 e. The first-order valence-electron chi connectivity index (χ1n) is 13.6. The molecule has 206 valence electrons. The fourth-order valence-electron chi connectivity index (χ4n) is 4.40. The van der Waals surface area contributed by atoms with Crippen LogP contribution in [-0.4, -0.2) is 24.9 Å². The van der Waals surface area contributed by atoms with Gasteiger partial charge in [-0.05, 0) is 67.3 Å². The van der Waals surface area contributed by atoms with Gasteiger partial charge >= 0.3 is 0 Å². The fourth-order valence-corrected chi connectivity index (χ4v) is 5.54. The van der Waals surface area contributed by atoms with Gasteiger partial charge in [-0.2, -0.15) is 0 Å². The first kappa shape index (κ1) is 28.8. The van der Waals surface area contributed by atoms with Crippen molar-refractivity contribution in [2.24, 2.45) is 0 Å². The van der Waals surface area contributed by atoms with Crippen LogP contribution in [0.4, 0.5) is 5.00 Å². The van der Waals surface area contributed by atoms with E-state index in [1.165, 1.54) is 16.0 Å². The van der Waals surface area contributed by atoms with Crippen molar-refractivity contribution in [1.29, 1.82) is 0 Å². The number of rotatable bonds is 13. The summed E-state index contributed by atoms with van der Waals surface area (Å²) in [5.41, 5.74) is 5.09. The Bertz CT molecular complexity index is 1460. The number of ether oxygens (including phenoxy) is 2. The van der Waals surface area contributed by atoms with Crippen LogP contribution in [0.5, 0.6) is 11.5 Å². The van der Waals surface area contributed by atoms with E-state index in [9.17, 15) is 9.59 Å². The van der Waals surface area contributed by atoms with E-state index in [2.05, 4.69) is 47.8 Å². The SMILES string of the molecule is C/C=C/c1ccc(Cc2sc(NC(=O)CCC(=O)c3ccc(OCC)c(OCC)c3)cc2-c2ccccc2)cc1. The van der Waals surface area contributed by atoms with Crippen LogP contribution in [0.1, 0.15) is 60.0 Å². The molecule has 4 aromatic rings. The molecule has 0 radical (unpaired) electrons. The Morgan fingerprint density at radius 2 is 1.57 bits per heavy atom. The molecule has 0 aliphatic rings. The lowest BCUT2D eigenvalue weighted by Crippen LogP contribution is -2.13. The predicted molar refractivity (Wildman–Crippen MR) is 165 cm³/mol. The van der Waals surface area contributed by atoms with E-state index >= 15 is 0 Å². The lowest BCUT2D eigenvalue weighted by molar-refractivity contribution is -0.116. The maximum atomic E-state index is 12.9. The van der Waals surface area contributed by atoms with Crippen molar-refractivity contribution in [1.82, 2.24) is 0 Å². The van der Waals surface area contributed by atoms with Gasteiger partial charge in [-0.15, -0.1) is 11.3 Å². The highest BCUT2D eigenvalue weighted by Gasteiger charge is 2.16. The van der Waals surface area contributed by atoms with Crippen molar-refractivity contribution >= 4 is 34.1 Å². The van der Waals surface area contributed by atoms with E-state index in [1.807, 2.05) is 51.1 Å². The minimum atomic E-state index is -0.188. The minimum Gasteiger partial charge on any atom is -0.490 e. The van der Waals surface area contributed by atoms with Crippen molar-refractivity contribution in [3.8, 4) is 22.6 Å². The number of allylic oxidation sites excluding steroid dienone is 1. The van der Waals surface area contributed by atoms with Gasteiger partial charge in [0.2, 0.25) is 5.91 Å². The van der Waals surface area contributed by atoms with Crippen LogP contribution >= 0.6 is 11.3 Å². The Morgan fingerprint density at radius 1 is 0.850 bits per heavy atom. The second kappa shape index (κ2) is 14.3. The maximum absolute atomic E-state index is 12.9. The highest BCUT2D eigenvalue weighted by Crippen LogP contribution is 2.36. The van der Waals surface area contributed by atoms with Gasteiger partial charge in [-0.25, -0.2) is 0 Å². The van der Waals surface area contributed by atoms with Gasteiger partial charge in [0.15, 0.2) is 17.3 Å². The lowest BCUT2D eigenvalue weighted by atomic mass is 10.0. The van der Waals surface area contributed by atoms with Crippen LogP contribution in [-0.2, 0) is 11.2 Å². The van der Waals surface area contributed by atoms with Crippen molar-refractivity contribution in [3.05, 3.63) is 107 Å². The van der Waals surface area contributed by atoms with Gasteiger partial charge in [0, 0.05) is 29.7 Å². The Labute approximate surface area is 240 Å². The molecule has 1 amide bonds. The number of Topliss-reactive ketones (excluding diaryl/α,β-unsaturated/α-hetero) is 1. The van der Waals surface area contributed by atoms with Crippen LogP contribution in [0.2, 0.25) is 0 Å². The Kier molecular flexibility index (Phi) is 10.3. The third kappa shape index (κ3) is 7.70. The van der Waals surface area contributed by atoms with Crippen molar-refractivity contribution < 1.29 is 19.1 Å². The van der Waals surface area contributed by atoms with Crippen LogP contribution in [0.3, 0.4) is 0 Å². The van der Waals surface area contributed by atoms with Crippen molar-refractivity contribution in [2.45, 2.75) is 40.0 Å². The number of carbonyl (C=O) groups excluding carboxylic acids is 2. The number of benzene rings is 3. The number of ketones is 1. The van der Waals surface area contributed by atoms with E-state index in [-0.39, 0.29) is 24.5 Å². The molecule has 0 saturated heterocycles. The molecule has 0 aliphatic heterocycles. The molecule has 0 aliphatic carbocycles. The van der Waals surface area contributed by atoms with E-state index < -0.39 is 0 Å². The van der Waals surface area contributed by atoms with E-state index in [1.54, 1.807) is 29.5 Å². The molecule has 4 rings (SSSR count). The maximum Gasteiger partial charge on any atom is 0.225 e. The molecule has 1 heterocycles. The Balaban J connectivity index is 1.45. The molecule has 0 bridgehead atoms. The van der Waals surface area contributed by atoms with E-state index in [0.717, 1.165) is 22.5 Å². The zero-order chi connectivity index (χ0) is 28.3. The molecule has 40 heavy (non-hydrogen) atoms. The second-order valence-electron chi connectivity index (χ2n) is 9.23. The molecule has 1 aromatic heterocycles. The molecule has 0 spiro atoms. The molecule has 0 fully saturated rings. The summed E-state index contributed by atoms with van der Waals surface area (Å²) < 4.78 is 11.2. The van der Waals surface area contributed by atoms with Gasteiger partial charge < -0.3 is 14.8 Å². The summed E-state index contributed by atoms with van der Waals surface area (Å²) in [4.78, 5) is 26.9. The van der Waals surface area contributed by atoms with Crippen LogP contribution < -0.4 is 14.8 Å². The van der Waals surface area contributed by atoms with Gasteiger partial charge in [-0.1, -0.05) is 66.7 Å². The quantitative estimate of drug-likeness (QED) is 0.169. The second-order valence-corrected chi connectivity index (χ2v) is 10.4. The van der Waals surface area contributed by atoms with E-state index in [4.69, 9.17) is 9.47 Å². The average molecular weight is 554 g/mol. The topological polar surface area (TPSA) is 64.6 Å². The highest BCUT2D eigenvalue weighted by molar-refractivity contribution is 7.16. The van der Waals surface area contributed by atoms with Gasteiger partial charge in [0.1, 0.15) is 0 Å². The number of nitrogens with one attached hydrogen (secondary N) is 1. The average Bonchev–Trinajstić information content (AvgIpc) is 3.36. The fraction of sp³-hybridized carbons (Fsp3) is 0.235. The third-order valence-electron chi connectivity index (χ3n) is 6.30. The summed E-state index contributed by atoms with van der Waals surface area (Å²) in [6.07, 6.45) is 5.07. The van der Waals surface area contributed by atoms with Crippen LogP contribution in [0.25, 0.3) is 17.2 Å². The Morgan fingerprint density at radius 3 is 2.27 bits per heavy atom. The number of thiophene rings is 1. The summed E-state index contributed by atoms with van der Waals surface area (Å²) in [6.45, 7) is 6.77. The predicted octanol–water partition coefficient (Wildman–Crippen LogP) is 8.44. The molecule has 1 N–H and O–H groups in total. The number of hydrogen-bond acceptors (Lipinski definition) is 5. The summed E-state index contributed by atoms with van der Waals surface area (Å²) in [6, 6.07) is 25.9. The van der Waals surface area contributed by atoms with Crippen molar-refractivity contribution in [3.63, 3.8) is 0 Å². The lowest BCUT2D eigenvalue weighted by Gasteiger charge is -2.12. The zero-order valence-corrected chi connectivity index (χ0v) is 24.1. The Hall–Kier alpha value is -4.16. The first-order valence-corrected chi connectivity index (χ1v) is 14.4. The van der Waals surface area contributed by atoms with Gasteiger partial charge in [0.05, 0.1) is 18.2 Å². The van der Waals surface area contributed by atoms with Crippen LogP contribution in [0.15, 0.2) is 84.9 Å². The van der Waals surface area contributed by atoms with E-state index in [0.29, 0.717) is 30.3 Å². The van der Waals surface area contributed by atoms with Gasteiger partial charge in [0.25, 0.3) is 0 Å². The molecular formula is C34H35NO4S. The normalized spacial score (nSPS) is 11.0. The molecule has 3 aromatic carbocycles. The first-order chi connectivity index (χ1) is 19.5. The zero-order valence-electron chi connectivity index (χ0n) is 23.2. The number of anilines is 1. The summed E-state index contributed by atoms with van der Waals surface area (Å²) in [7, 11) is 0.